The van der Waals surface area contributed by atoms with Crippen molar-refractivity contribution in [2.45, 2.75) is 51.4 Å². The molecule has 0 aromatic heterocycles. The molecule has 5 rings (SSSR count). The Bertz CT molecular complexity index is 2070. The molecule has 9 nitrogen and oxygen atoms in total. The predicted octanol–water partition coefficient (Wildman–Crippen LogP) is 7.08. The average molecular weight is 754 g/mol. The number of hydrogen-bond donors (Lipinski definition) is 2. The van der Waals surface area contributed by atoms with Gasteiger partial charge in [0, 0.05) is 42.5 Å². The minimum Gasteiger partial charge on any atom is -0.368 e. The smallest absolute Gasteiger partial charge is 0.368 e. The minimum atomic E-state index is -4.58. The lowest BCUT2D eigenvalue weighted by Gasteiger charge is -2.37. The van der Waals surface area contributed by atoms with Crippen LogP contribution in [0.3, 0.4) is 0 Å². The highest BCUT2D eigenvalue weighted by molar-refractivity contribution is 6.04. The molecule has 4 aromatic carbocycles. The maximum Gasteiger partial charge on any atom is 0.416 e. The first kappa shape index (κ1) is 40.4. The number of halogens is 3. The number of nitrogens with one attached hydrogen (secondary N) is 1. The van der Waals surface area contributed by atoms with E-state index in [2.05, 4.69) is 38.2 Å². The summed E-state index contributed by atoms with van der Waals surface area (Å²) in [5.74, 6) is -1.87. The van der Waals surface area contributed by atoms with Crippen molar-refractivity contribution in [2.24, 2.45) is 5.73 Å². The van der Waals surface area contributed by atoms with Gasteiger partial charge in [0.05, 0.1) is 18.2 Å². The van der Waals surface area contributed by atoms with Crippen molar-refractivity contribution in [1.29, 1.82) is 0 Å². The number of rotatable bonds is 12. The molecular formula is C43H46F3N5O4. The topological polar surface area (TPSA) is 116 Å². The lowest BCUT2D eigenvalue weighted by atomic mass is 9.84. The van der Waals surface area contributed by atoms with E-state index in [1.54, 1.807) is 47.4 Å². The number of carbonyl (C=O) groups excluding carboxylic acids is 4. The maximum atomic E-state index is 14.4. The molecule has 12 heteroatoms. The molecule has 288 valence electrons. The van der Waals surface area contributed by atoms with Crippen LogP contribution in [0.25, 0.3) is 6.08 Å². The second kappa shape index (κ2) is 16.7. The Balaban J connectivity index is 1.41. The van der Waals surface area contributed by atoms with Gasteiger partial charge in [-0.15, -0.1) is 0 Å². The Labute approximate surface area is 319 Å². The van der Waals surface area contributed by atoms with E-state index in [0.717, 1.165) is 40.5 Å². The number of anilines is 1. The van der Waals surface area contributed by atoms with Gasteiger partial charge in [-0.2, -0.15) is 13.2 Å². The van der Waals surface area contributed by atoms with Gasteiger partial charge in [-0.3, -0.25) is 19.2 Å². The van der Waals surface area contributed by atoms with E-state index < -0.39 is 23.6 Å². The van der Waals surface area contributed by atoms with Crippen molar-refractivity contribution in [3.63, 3.8) is 0 Å². The van der Waals surface area contributed by atoms with Gasteiger partial charge in [0.1, 0.15) is 0 Å². The second-order valence-corrected chi connectivity index (χ2v) is 15.0. The maximum absolute atomic E-state index is 14.4. The molecule has 4 aromatic rings. The van der Waals surface area contributed by atoms with E-state index in [1.165, 1.54) is 23.1 Å². The second-order valence-electron chi connectivity index (χ2n) is 15.0. The summed E-state index contributed by atoms with van der Waals surface area (Å²) in [5.41, 5.74) is 9.10. The molecule has 3 N–H and O–H groups in total. The number of alkyl halides is 3. The van der Waals surface area contributed by atoms with E-state index in [1.807, 2.05) is 31.1 Å². The SMILES string of the molecule is CN(C)CCN(CC(N)=O)C(=O)c1ccc(CN2C(=O)c3cc(NC(=O)C=Cc4ccccc4C(F)(F)F)ccc3CC2c2ccc(C(C)(C)C)cc2)cc1. The van der Waals surface area contributed by atoms with Crippen LogP contribution >= 0.6 is 0 Å². The van der Waals surface area contributed by atoms with Crippen molar-refractivity contribution in [2.75, 3.05) is 39.0 Å². The molecular weight excluding hydrogens is 707 g/mol. The van der Waals surface area contributed by atoms with Crippen molar-refractivity contribution in [1.82, 2.24) is 14.7 Å². The van der Waals surface area contributed by atoms with Crippen LogP contribution in [0.4, 0.5) is 18.9 Å². The third-order valence-electron chi connectivity index (χ3n) is 9.50. The van der Waals surface area contributed by atoms with Crippen molar-refractivity contribution in [3.05, 3.63) is 142 Å². The first-order valence-electron chi connectivity index (χ1n) is 17.9. The van der Waals surface area contributed by atoms with Crippen LogP contribution in [0, 0.1) is 0 Å². The number of nitrogens with two attached hydrogens (primary N) is 1. The molecule has 0 fully saturated rings. The first-order chi connectivity index (χ1) is 25.9. The molecule has 4 amide bonds. The molecule has 0 saturated heterocycles. The Morgan fingerprint density at radius 3 is 2.20 bits per heavy atom. The molecule has 0 saturated carbocycles. The van der Waals surface area contributed by atoms with E-state index in [9.17, 15) is 32.3 Å². The average Bonchev–Trinajstić information content (AvgIpc) is 3.13. The van der Waals surface area contributed by atoms with Crippen LogP contribution in [-0.2, 0) is 34.1 Å². The number of amides is 4. The van der Waals surface area contributed by atoms with Crippen LogP contribution in [0.1, 0.15) is 80.9 Å². The summed E-state index contributed by atoms with van der Waals surface area (Å²) in [5, 5.41) is 2.68. The third-order valence-corrected chi connectivity index (χ3v) is 9.50. The van der Waals surface area contributed by atoms with Gasteiger partial charge in [0.25, 0.3) is 11.8 Å². The summed E-state index contributed by atoms with van der Waals surface area (Å²) >= 11 is 0. The summed E-state index contributed by atoms with van der Waals surface area (Å²) in [4.78, 5) is 57.4. The van der Waals surface area contributed by atoms with Gasteiger partial charge >= 0.3 is 6.18 Å². The van der Waals surface area contributed by atoms with Crippen LogP contribution < -0.4 is 11.1 Å². The number of fused-ring (bicyclic) bond motifs is 1. The van der Waals surface area contributed by atoms with E-state index >= 15 is 0 Å². The lowest BCUT2D eigenvalue weighted by molar-refractivity contribution is -0.137. The predicted molar refractivity (Wildman–Crippen MR) is 207 cm³/mol. The van der Waals surface area contributed by atoms with Gasteiger partial charge in [-0.1, -0.05) is 81.4 Å². The fourth-order valence-corrected chi connectivity index (χ4v) is 6.47. The zero-order valence-corrected chi connectivity index (χ0v) is 31.6. The van der Waals surface area contributed by atoms with Crippen molar-refractivity contribution in [3.8, 4) is 0 Å². The molecule has 1 unspecified atom stereocenters. The number of benzene rings is 4. The molecule has 0 spiro atoms. The molecule has 1 atom stereocenters. The number of likely N-dealkylation sites (N-methyl/N-ethyl adjacent to an activating group) is 1. The van der Waals surface area contributed by atoms with Gasteiger partial charge in [0.2, 0.25) is 11.8 Å². The Hall–Kier alpha value is -5.75. The zero-order chi connectivity index (χ0) is 40.1. The van der Waals surface area contributed by atoms with Gasteiger partial charge in [-0.25, -0.2) is 0 Å². The van der Waals surface area contributed by atoms with Gasteiger partial charge in [-0.05, 0) is 90.2 Å². The van der Waals surface area contributed by atoms with Crippen molar-refractivity contribution < 1.29 is 32.3 Å². The molecule has 0 aliphatic carbocycles. The molecule has 0 radical (unpaired) electrons. The monoisotopic (exact) mass is 753 g/mol. The summed E-state index contributed by atoms with van der Waals surface area (Å²) < 4.78 is 40.3. The summed E-state index contributed by atoms with van der Waals surface area (Å²) in [6.45, 7) is 7.26. The van der Waals surface area contributed by atoms with E-state index in [-0.39, 0.29) is 41.9 Å². The quantitative estimate of drug-likeness (QED) is 0.150. The molecule has 1 heterocycles. The number of carbonyl (C=O) groups is 4. The van der Waals surface area contributed by atoms with Gasteiger partial charge < -0.3 is 25.8 Å². The largest absolute Gasteiger partial charge is 0.416 e. The third kappa shape index (κ3) is 10.3. The fraction of sp³-hybridized carbons (Fsp3) is 0.302. The van der Waals surface area contributed by atoms with Crippen LogP contribution in [-0.4, -0.2) is 72.1 Å². The highest BCUT2D eigenvalue weighted by Gasteiger charge is 2.35. The van der Waals surface area contributed by atoms with Crippen LogP contribution in [0.2, 0.25) is 0 Å². The van der Waals surface area contributed by atoms with Crippen LogP contribution in [0.5, 0.6) is 0 Å². The molecule has 0 bridgehead atoms. The van der Waals surface area contributed by atoms with E-state index in [0.29, 0.717) is 36.3 Å². The van der Waals surface area contributed by atoms with Crippen molar-refractivity contribution >= 4 is 35.4 Å². The molecule has 1 aliphatic heterocycles. The Kier molecular flexibility index (Phi) is 12.3. The fourth-order valence-electron chi connectivity index (χ4n) is 6.47. The highest BCUT2D eigenvalue weighted by atomic mass is 19.4. The number of nitrogens with zero attached hydrogens (tertiary/aromatic N) is 3. The summed E-state index contributed by atoms with van der Waals surface area (Å²) in [6, 6.07) is 24.8. The molecule has 1 aliphatic rings. The minimum absolute atomic E-state index is 0.0659. The summed E-state index contributed by atoms with van der Waals surface area (Å²) in [7, 11) is 3.74. The van der Waals surface area contributed by atoms with Crippen LogP contribution in [0.15, 0.2) is 97.1 Å². The molecule has 55 heavy (non-hydrogen) atoms. The van der Waals surface area contributed by atoms with E-state index in [4.69, 9.17) is 5.73 Å². The normalized spacial score (nSPS) is 14.6. The zero-order valence-electron chi connectivity index (χ0n) is 31.6. The highest BCUT2D eigenvalue weighted by Crippen LogP contribution is 2.37. The Morgan fingerprint density at radius 1 is 0.909 bits per heavy atom. The van der Waals surface area contributed by atoms with Gasteiger partial charge in [0.15, 0.2) is 0 Å². The number of primary amides is 1. The standard InChI is InChI=1S/C43H46F3N5O4/c1-42(2,3)33-18-14-30(15-19-33)37-24-32-16-20-34(48-39(53)21-17-29-8-6-7-9-36(29)43(44,45)46)25-35(32)41(55)51(37)26-28-10-12-31(13-11-28)40(54)50(27-38(47)52)23-22-49(4)5/h6-21,25,37H,22-24,26-27H2,1-5H3,(H2,47,52)(H,48,53). The Morgan fingerprint density at radius 2 is 1.58 bits per heavy atom. The lowest BCUT2D eigenvalue weighted by Crippen LogP contribution is -2.42. The first-order valence-corrected chi connectivity index (χ1v) is 17.9. The summed E-state index contributed by atoms with van der Waals surface area (Å²) in [6.07, 6.45) is -1.95. The number of hydrogen-bond acceptors (Lipinski definition) is 5.